The van der Waals surface area contributed by atoms with Crippen LogP contribution < -0.4 is 5.73 Å². The zero-order valence-electron chi connectivity index (χ0n) is 12.1. The lowest BCUT2D eigenvalue weighted by atomic mass is 10.1. The number of rotatable bonds is 4. The van der Waals surface area contributed by atoms with Crippen LogP contribution in [-0.4, -0.2) is 21.8 Å². The van der Waals surface area contributed by atoms with Gasteiger partial charge >= 0.3 is 0 Å². The molecular formula is C17H19N3O. The number of pyridine rings is 1. The molecule has 1 fully saturated rings. The molecular weight excluding hydrogens is 262 g/mol. The summed E-state index contributed by atoms with van der Waals surface area (Å²) in [6.45, 7) is 2.54. The van der Waals surface area contributed by atoms with Gasteiger partial charge in [-0.25, -0.2) is 0 Å². The van der Waals surface area contributed by atoms with Crippen molar-refractivity contribution in [1.82, 2.24) is 9.88 Å². The Balaban J connectivity index is 1.83. The first-order chi connectivity index (χ1) is 10.1. The molecule has 0 bridgehead atoms. The second-order valence-electron chi connectivity index (χ2n) is 5.60. The van der Waals surface area contributed by atoms with Gasteiger partial charge in [-0.2, -0.15) is 0 Å². The molecule has 0 spiro atoms. The summed E-state index contributed by atoms with van der Waals surface area (Å²) < 4.78 is 0. The van der Waals surface area contributed by atoms with Crippen LogP contribution in [0.25, 0.3) is 0 Å². The Hall–Kier alpha value is -2.36. The number of anilines is 1. The minimum atomic E-state index is 0.0491. The molecule has 2 aromatic rings. The van der Waals surface area contributed by atoms with Gasteiger partial charge < -0.3 is 10.6 Å². The summed E-state index contributed by atoms with van der Waals surface area (Å²) in [4.78, 5) is 18.8. The van der Waals surface area contributed by atoms with Gasteiger partial charge in [0, 0.05) is 36.2 Å². The first-order valence-electron chi connectivity index (χ1n) is 7.21. The number of carbonyl (C=O) groups is 1. The van der Waals surface area contributed by atoms with Crippen molar-refractivity contribution in [2.45, 2.75) is 32.4 Å². The highest BCUT2D eigenvalue weighted by molar-refractivity contribution is 5.95. The maximum Gasteiger partial charge on any atom is 0.254 e. The van der Waals surface area contributed by atoms with E-state index in [1.807, 2.05) is 42.3 Å². The van der Waals surface area contributed by atoms with Gasteiger partial charge in [0.05, 0.1) is 0 Å². The number of nitrogen functional groups attached to an aromatic ring is 1. The predicted octanol–water partition coefficient (Wildman–Crippen LogP) is 2.78. The van der Waals surface area contributed by atoms with Crippen molar-refractivity contribution in [2.75, 3.05) is 5.73 Å². The van der Waals surface area contributed by atoms with E-state index in [0.29, 0.717) is 23.8 Å². The van der Waals surface area contributed by atoms with Crippen molar-refractivity contribution in [3.63, 3.8) is 0 Å². The zero-order chi connectivity index (χ0) is 14.8. The summed E-state index contributed by atoms with van der Waals surface area (Å²) in [5.74, 6) is 0.0491. The van der Waals surface area contributed by atoms with Gasteiger partial charge in [-0.1, -0.05) is 12.1 Å². The van der Waals surface area contributed by atoms with Crippen molar-refractivity contribution >= 4 is 11.6 Å². The van der Waals surface area contributed by atoms with E-state index in [9.17, 15) is 4.79 Å². The van der Waals surface area contributed by atoms with Crippen molar-refractivity contribution in [3.05, 3.63) is 59.4 Å². The van der Waals surface area contributed by atoms with Crippen LogP contribution in [-0.2, 0) is 6.54 Å². The normalized spacial score (nSPS) is 14.0. The van der Waals surface area contributed by atoms with Crippen molar-refractivity contribution < 1.29 is 4.79 Å². The standard InChI is InChI=1S/C17H19N3O/c1-12-4-5-14(9-16(12)18)17(21)20(15-6-7-15)11-13-3-2-8-19-10-13/h2-5,8-10,15H,6-7,11,18H2,1H3. The van der Waals surface area contributed by atoms with Gasteiger partial charge in [-0.3, -0.25) is 9.78 Å². The Morgan fingerprint density at radius 3 is 2.81 bits per heavy atom. The minimum absolute atomic E-state index is 0.0491. The van der Waals surface area contributed by atoms with Gasteiger partial charge in [0.15, 0.2) is 0 Å². The van der Waals surface area contributed by atoms with Crippen LogP contribution in [0.3, 0.4) is 0 Å². The maximum atomic E-state index is 12.7. The fraction of sp³-hybridized carbons (Fsp3) is 0.294. The molecule has 3 rings (SSSR count). The minimum Gasteiger partial charge on any atom is -0.398 e. The molecule has 4 nitrogen and oxygen atoms in total. The number of amides is 1. The number of carbonyl (C=O) groups excluding carboxylic acids is 1. The third-order valence-electron chi connectivity index (χ3n) is 3.85. The summed E-state index contributed by atoms with van der Waals surface area (Å²) in [7, 11) is 0. The molecule has 108 valence electrons. The number of aromatic nitrogens is 1. The lowest BCUT2D eigenvalue weighted by molar-refractivity contribution is 0.0730. The van der Waals surface area contributed by atoms with Crippen molar-refractivity contribution in [2.24, 2.45) is 0 Å². The Kier molecular flexibility index (Phi) is 3.60. The highest BCUT2D eigenvalue weighted by Crippen LogP contribution is 2.30. The van der Waals surface area contributed by atoms with E-state index in [-0.39, 0.29) is 5.91 Å². The molecule has 1 aromatic carbocycles. The second-order valence-corrected chi connectivity index (χ2v) is 5.60. The van der Waals surface area contributed by atoms with E-state index < -0.39 is 0 Å². The average molecular weight is 281 g/mol. The summed E-state index contributed by atoms with van der Waals surface area (Å²) in [5.41, 5.74) is 9.30. The van der Waals surface area contributed by atoms with E-state index in [2.05, 4.69) is 4.98 Å². The molecule has 0 saturated heterocycles. The number of nitrogens with zero attached hydrogens (tertiary/aromatic N) is 2. The molecule has 2 N–H and O–H groups in total. The molecule has 1 saturated carbocycles. The highest BCUT2D eigenvalue weighted by Gasteiger charge is 2.33. The fourth-order valence-corrected chi connectivity index (χ4v) is 2.38. The monoisotopic (exact) mass is 281 g/mol. The van der Waals surface area contributed by atoms with Crippen molar-refractivity contribution in [1.29, 1.82) is 0 Å². The third-order valence-corrected chi connectivity index (χ3v) is 3.85. The van der Waals surface area contributed by atoms with Gasteiger partial charge in [-0.15, -0.1) is 0 Å². The van der Waals surface area contributed by atoms with E-state index in [0.717, 1.165) is 24.0 Å². The lowest BCUT2D eigenvalue weighted by Gasteiger charge is -2.23. The molecule has 1 aliphatic rings. The summed E-state index contributed by atoms with van der Waals surface area (Å²) in [5, 5.41) is 0. The molecule has 1 heterocycles. The van der Waals surface area contributed by atoms with Crippen LogP contribution in [0.1, 0.15) is 34.3 Å². The number of aryl methyl sites for hydroxylation is 1. The molecule has 1 aromatic heterocycles. The first kappa shape index (κ1) is 13.6. The molecule has 0 radical (unpaired) electrons. The Bertz CT molecular complexity index is 650. The van der Waals surface area contributed by atoms with Crippen LogP contribution in [0.4, 0.5) is 5.69 Å². The molecule has 4 heteroatoms. The first-order valence-corrected chi connectivity index (χ1v) is 7.21. The van der Waals surface area contributed by atoms with Crippen molar-refractivity contribution in [3.8, 4) is 0 Å². The van der Waals surface area contributed by atoms with Gasteiger partial charge in [-0.05, 0) is 49.1 Å². The highest BCUT2D eigenvalue weighted by atomic mass is 16.2. The topological polar surface area (TPSA) is 59.2 Å². The van der Waals surface area contributed by atoms with E-state index in [1.54, 1.807) is 12.3 Å². The van der Waals surface area contributed by atoms with Gasteiger partial charge in [0.25, 0.3) is 5.91 Å². The Morgan fingerprint density at radius 2 is 2.19 bits per heavy atom. The zero-order valence-corrected chi connectivity index (χ0v) is 12.1. The van der Waals surface area contributed by atoms with E-state index in [1.165, 1.54) is 0 Å². The largest absolute Gasteiger partial charge is 0.398 e. The van der Waals surface area contributed by atoms with Gasteiger partial charge in [0.2, 0.25) is 0 Å². The number of hydrogen-bond donors (Lipinski definition) is 1. The van der Waals surface area contributed by atoms with E-state index in [4.69, 9.17) is 5.73 Å². The number of benzene rings is 1. The van der Waals surface area contributed by atoms with Crippen LogP contribution in [0, 0.1) is 6.92 Å². The summed E-state index contributed by atoms with van der Waals surface area (Å²) >= 11 is 0. The van der Waals surface area contributed by atoms with Crippen LogP contribution >= 0.6 is 0 Å². The molecule has 0 atom stereocenters. The smallest absolute Gasteiger partial charge is 0.254 e. The second kappa shape index (κ2) is 5.56. The Labute approximate surface area is 124 Å². The molecule has 1 amide bonds. The number of nitrogens with two attached hydrogens (primary N) is 1. The SMILES string of the molecule is Cc1ccc(C(=O)N(Cc2cccnc2)C2CC2)cc1N. The maximum absolute atomic E-state index is 12.7. The molecule has 0 unspecified atom stereocenters. The lowest BCUT2D eigenvalue weighted by Crippen LogP contribution is -2.32. The third kappa shape index (κ3) is 3.05. The molecule has 0 aliphatic heterocycles. The molecule has 1 aliphatic carbocycles. The van der Waals surface area contributed by atoms with Crippen LogP contribution in [0.15, 0.2) is 42.7 Å². The van der Waals surface area contributed by atoms with Crippen LogP contribution in [0.5, 0.6) is 0 Å². The molecule has 21 heavy (non-hydrogen) atoms. The van der Waals surface area contributed by atoms with Gasteiger partial charge in [0.1, 0.15) is 0 Å². The fourth-order valence-electron chi connectivity index (χ4n) is 2.38. The Morgan fingerprint density at radius 1 is 1.38 bits per heavy atom. The van der Waals surface area contributed by atoms with Crippen LogP contribution in [0.2, 0.25) is 0 Å². The predicted molar refractivity (Wildman–Crippen MR) is 82.7 cm³/mol. The average Bonchev–Trinajstić information content (AvgIpc) is 3.33. The summed E-state index contributed by atoms with van der Waals surface area (Å²) in [6.07, 6.45) is 5.71. The van der Waals surface area contributed by atoms with E-state index >= 15 is 0 Å². The number of hydrogen-bond acceptors (Lipinski definition) is 3. The summed E-state index contributed by atoms with van der Waals surface area (Å²) in [6, 6.07) is 9.77. The quantitative estimate of drug-likeness (QED) is 0.877.